The first kappa shape index (κ1) is 16.5. The minimum absolute atomic E-state index is 0.553. The van der Waals surface area contributed by atoms with Crippen LogP contribution in [0.15, 0.2) is 48.2 Å². The van der Waals surface area contributed by atoms with Gasteiger partial charge in [0.05, 0.1) is 5.69 Å². The Morgan fingerprint density at radius 1 is 1.04 bits per heavy atom. The van der Waals surface area contributed by atoms with Crippen molar-refractivity contribution in [3.8, 4) is 0 Å². The van der Waals surface area contributed by atoms with Crippen molar-refractivity contribution in [2.24, 2.45) is 5.41 Å². The summed E-state index contributed by atoms with van der Waals surface area (Å²) in [5.41, 5.74) is 8.57. The molecule has 0 amide bonds. The summed E-state index contributed by atoms with van der Waals surface area (Å²) in [4.78, 5) is 7.18. The van der Waals surface area contributed by atoms with Gasteiger partial charge in [-0.3, -0.25) is 4.98 Å². The molecule has 1 saturated carbocycles. The van der Waals surface area contributed by atoms with Crippen LogP contribution in [0.5, 0.6) is 0 Å². The van der Waals surface area contributed by atoms with Crippen LogP contribution >= 0.6 is 0 Å². The molecule has 1 aliphatic carbocycles. The predicted molar refractivity (Wildman–Crippen MR) is 105 cm³/mol. The SMILES string of the molecule is Cc1ccc(C(=C2CC3(C2)CN(C)C3)c2ccc(C(C)C)cc2)nc1. The number of pyridine rings is 1. The molecule has 1 aromatic heterocycles. The van der Waals surface area contributed by atoms with Gasteiger partial charge in [-0.15, -0.1) is 0 Å². The van der Waals surface area contributed by atoms with Gasteiger partial charge in [0, 0.05) is 30.3 Å². The van der Waals surface area contributed by atoms with E-state index in [0.717, 1.165) is 5.69 Å². The lowest BCUT2D eigenvalue weighted by molar-refractivity contribution is -0.0106. The highest BCUT2D eigenvalue weighted by molar-refractivity contribution is 5.81. The van der Waals surface area contributed by atoms with E-state index in [0.29, 0.717) is 11.3 Å². The summed E-state index contributed by atoms with van der Waals surface area (Å²) in [6, 6.07) is 13.5. The number of benzene rings is 1. The lowest BCUT2D eigenvalue weighted by atomic mass is 9.59. The van der Waals surface area contributed by atoms with E-state index in [-0.39, 0.29) is 0 Å². The van der Waals surface area contributed by atoms with Gasteiger partial charge in [0.15, 0.2) is 0 Å². The highest BCUT2D eigenvalue weighted by atomic mass is 15.2. The van der Waals surface area contributed by atoms with Crippen molar-refractivity contribution in [2.75, 3.05) is 20.1 Å². The number of hydrogen-bond donors (Lipinski definition) is 0. The lowest BCUT2D eigenvalue weighted by Gasteiger charge is -2.56. The van der Waals surface area contributed by atoms with Crippen LogP contribution < -0.4 is 0 Å². The average Bonchev–Trinajstić information content (AvgIpc) is 2.53. The quantitative estimate of drug-likeness (QED) is 0.782. The molecule has 0 radical (unpaired) electrons. The number of hydrogen-bond acceptors (Lipinski definition) is 2. The zero-order valence-electron chi connectivity index (χ0n) is 15.8. The summed E-state index contributed by atoms with van der Waals surface area (Å²) < 4.78 is 0. The molecule has 25 heavy (non-hydrogen) atoms. The average molecular weight is 332 g/mol. The molecule has 0 atom stereocenters. The highest BCUT2D eigenvalue weighted by Gasteiger charge is 2.49. The standard InChI is InChI=1S/C23H28N2/c1-16(2)18-6-8-19(9-7-18)22(21-10-5-17(3)13-24-21)20-11-23(12-20)14-25(4)15-23/h5-10,13,16H,11-12,14-15H2,1-4H3. The second kappa shape index (κ2) is 6.10. The summed E-state index contributed by atoms with van der Waals surface area (Å²) in [6.45, 7) is 9.09. The topological polar surface area (TPSA) is 16.1 Å². The van der Waals surface area contributed by atoms with Crippen LogP contribution in [0.25, 0.3) is 5.57 Å². The zero-order valence-corrected chi connectivity index (χ0v) is 15.8. The van der Waals surface area contributed by atoms with E-state index in [1.165, 1.54) is 48.2 Å². The fourth-order valence-electron chi connectivity index (χ4n) is 4.54. The second-order valence-corrected chi connectivity index (χ2v) is 8.50. The third-order valence-electron chi connectivity index (χ3n) is 5.77. The van der Waals surface area contributed by atoms with Crippen LogP contribution in [-0.4, -0.2) is 30.0 Å². The maximum Gasteiger partial charge on any atom is 0.0707 e. The van der Waals surface area contributed by atoms with Gasteiger partial charge in [0.1, 0.15) is 0 Å². The number of rotatable bonds is 3. The van der Waals surface area contributed by atoms with E-state index >= 15 is 0 Å². The third-order valence-corrected chi connectivity index (χ3v) is 5.77. The van der Waals surface area contributed by atoms with Crippen LogP contribution in [0.3, 0.4) is 0 Å². The van der Waals surface area contributed by atoms with Gasteiger partial charge in [-0.1, -0.05) is 49.8 Å². The number of allylic oxidation sites excluding steroid dienone is 1. The first-order valence-corrected chi connectivity index (χ1v) is 9.40. The van der Waals surface area contributed by atoms with Crippen LogP contribution in [0, 0.1) is 12.3 Å². The van der Waals surface area contributed by atoms with E-state index < -0.39 is 0 Å². The Balaban J connectivity index is 1.71. The molecule has 0 N–H and O–H groups in total. The van der Waals surface area contributed by atoms with Crippen molar-refractivity contribution >= 4 is 5.57 Å². The molecule has 2 heterocycles. The normalized spacial score (nSPS) is 19.0. The van der Waals surface area contributed by atoms with Crippen molar-refractivity contribution < 1.29 is 0 Å². The Kier molecular flexibility index (Phi) is 4.04. The van der Waals surface area contributed by atoms with Gasteiger partial charge in [-0.2, -0.15) is 0 Å². The highest BCUT2D eigenvalue weighted by Crippen LogP contribution is 2.54. The van der Waals surface area contributed by atoms with Crippen LogP contribution in [-0.2, 0) is 0 Å². The molecule has 1 aromatic carbocycles. The van der Waals surface area contributed by atoms with Crippen molar-refractivity contribution in [2.45, 2.75) is 39.5 Å². The van der Waals surface area contributed by atoms with Crippen molar-refractivity contribution in [1.29, 1.82) is 0 Å². The molecule has 0 bridgehead atoms. The Labute approximate surface area is 151 Å². The summed E-state index contributed by atoms with van der Waals surface area (Å²) in [5, 5.41) is 0. The third kappa shape index (κ3) is 3.04. The molecule has 2 heteroatoms. The number of aromatic nitrogens is 1. The Bertz CT molecular complexity index is 781. The minimum Gasteiger partial charge on any atom is -0.305 e. The zero-order chi connectivity index (χ0) is 17.6. The molecule has 1 saturated heterocycles. The van der Waals surface area contributed by atoms with Crippen molar-refractivity contribution in [3.05, 3.63) is 70.6 Å². The number of likely N-dealkylation sites (tertiary alicyclic amines) is 1. The van der Waals surface area contributed by atoms with Gasteiger partial charge in [-0.25, -0.2) is 0 Å². The van der Waals surface area contributed by atoms with Gasteiger partial charge < -0.3 is 4.90 Å². The molecule has 1 aliphatic heterocycles. The Morgan fingerprint density at radius 2 is 1.72 bits per heavy atom. The largest absolute Gasteiger partial charge is 0.305 e. The first-order valence-electron chi connectivity index (χ1n) is 9.40. The molecule has 2 aromatic rings. The van der Waals surface area contributed by atoms with Gasteiger partial charge >= 0.3 is 0 Å². The van der Waals surface area contributed by atoms with Crippen LogP contribution in [0.1, 0.15) is 55.0 Å². The molecular formula is C23H28N2. The van der Waals surface area contributed by atoms with E-state index in [1.807, 2.05) is 6.20 Å². The molecule has 0 unspecified atom stereocenters. The summed E-state index contributed by atoms with van der Waals surface area (Å²) in [6.07, 6.45) is 4.45. The number of nitrogens with zero attached hydrogens (tertiary/aromatic N) is 2. The molecular weight excluding hydrogens is 304 g/mol. The molecule has 130 valence electrons. The van der Waals surface area contributed by atoms with Crippen molar-refractivity contribution in [3.63, 3.8) is 0 Å². The molecule has 2 aliphatic rings. The van der Waals surface area contributed by atoms with Gasteiger partial charge in [-0.05, 0) is 55.5 Å². The molecule has 4 rings (SSSR count). The molecule has 1 spiro atoms. The number of aryl methyl sites for hydroxylation is 1. The summed E-state index contributed by atoms with van der Waals surface area (Å²) in [5.74, 6) is 0.570. The first-order chi connectivity index (χ1) is 12.0. The maximum absolute atomic E-state index is 4.75. The predicted octanol–water partition coefficient (Wildman–Crippen LogP) is 5.04. The monoisotopic (exact) mass is 332 g/mol. The van der Waals surface area contributed by atoms with E-state index in [1.54, 1.807) is 5.57 Å². The van der Waals surface area contributed by atoms with E-state index in [4.69, 9.17) is 4.98 Å². The smallest absolute Gasteiger partial charge is 0.0707 e. The fourth-order valence-corrected chi connectivity index (χ4v) is 4.54. The van der Waals surface area contributed by atoms with Crippen LogP contribution in [0.4, 0.5) is 0 Å². The van der Waals surface area contributed by atoms with Crippen LogP contribution in [0.2, 0.25) is 0 Å². The lowest BCUT2D eigenvalue weighted by Crippen LogP contribution is -2.58. The molecule has 2 nitrogen and oxygen atoms in total. The van der Waals surface area contributed by atoms with E-state index in [9.17, 15) is 0 Å². The Hall–Kier alpha value is -1.93. The molecule has 2 fully saturated rings. The fraction of sp³-hybridized carbons (Fsp3) is 0.435. The van der Waals surface area contributed by atoms with E-state index in [2.05, 4.69) is 69.1 Å². The van der Waals surface area contributed by atoms with Crippen molar-refractivity contribution in [1.82, 2.24) is 9.88 Å². The maximum atomic E-state index is 4.75. The minimum atomic E-state index is 0.553. The summed E-state index contributed by atoms with van der Waals surface area (Å²) >= 11 is 0. The Morgan fingerprint density at radius 3 is 2.24 bits per heavy atom. The second-order valence-electron chi connectivity index (χ2n) is 8.50. The summed E-state index contributed by atoms with van der Waals surface area (Å²) in [7, 11) is 2.22. The van der Waals surface area contributed by atoms with Gasteiger partial charge in [0.2, 0.25) is 0 Å². The van der Waals surface area contributed by atoms with Gasteiger partial charge in [0.25, 0.3) is 0 Å².